The van der Waals surface area contributed by atoms with Gasteiger partial charge in [-0.2, -0.15) is 0 Å². The normalized spacial score (nSPS) is 12.9. The molecule has 0 aliphatic carbocycles. The predicted octanol–water partition coefficient (Wildman–Crippen LogP) is 3.28. The highest BCUT2D eigenvalue weighted by Gasteiger charge is 2.30. The minimum atomic E-state index is -4.61. The van der Waals surface area contributed by atoms with Crippen LogP contribution >= 0.6 is 7.60 Å². The second kappa shape index (κ2) is 5.55. The van der Waals surface area contributed by atoms with Crippen LogP contribution in [0.3, 0.4) is 0 Å². The summed E-state index contributed by atoms with van der Waals surface area (Å²) in [4.78, 5) is 23.3. The third-order valence-corrected chi connectivity index (χ3v) is 4.39. The Morgan fingerprint density at radius 3 is 2.62 bits per heavy atom. The van der Waals surface area contributed by atoms with E-state index in [2.05, 4.69) is 4.98 Å². The zero-order chi connectivity index (χ0) is 17.7. The molecule has 0 radical (unpaired) electrons. The number of nitrogens with zero attached hydrogens (tertiary/aromatic N) is 2. The van der Waals surface area contributed by atoms with E-state index in [1.54, 1.807) is 16.7 Å². The van der Waals surface area contributed by atoms with E-state index in [4.69, 9.17) is 4.42 Å². The van der Waals surface area contributed by atoms with Gasteiger partial charge in [-0.05, 0) is 23.6 Å². The molecular weight excluding hydrogens is 334 g/mol. The van der Waals surface area contributed by atoms with Crippen LogP contribution in [0.5, 0.6) is 0 Å². The summed E-state index contributed by atoms with van der Waals surface area (Å²) in [6.45, 7) is 6.54. The molecule has 2 aromatic heterocycles. The van der Waals surface area contributed by atoms with Gasteiger partial charge < -0.3 is 18.8 Å². The van der Waals surface area contributed by atoms with Crippen LogP contribution in [-0.4, -0.2) is 19.3 Å². The maximum atomic E-state index is 14.1. The molecule has 2 N–H and O–H groups in total. The van der Waals surface area contributed by atoms with E-state index < -0.39 is 18.9 Å². The highest BCUT2D eigenvalue weighted by Crippen LogP contribution is 2.39. The largest absolute Gasteiger partial charge is 0.456 e. The first kappa shape index (κ1) is 16.9. The summed E-state index contributed by atoms with van der Waals surface area (Å²) < 4.78 is 32.5. The topological polar surface area (TPSA) is 88.5 Å². The Bertz CT molecular complexity index is 949. The Morgan fingerprint density at radius 2 is 2.00 bits per heavy atom. The summed E-state index contributed by atoms with van der Waals surface area (Å²) in [5.41, 5.74) is 0.282. The molecule has 0 atom stereocenters. The summed E-state index contributed by atoms with van der Waals surface area (Å²) in [6, 6.07) is 6.06. The molecule has 0 unspecified atom stereocenters. The van der Waals surface area contributed by atoms with Crippen LogP contribution in [0.1, 0.15) is 20.8 Å². The van der Waals surface area contributed by atoms with Gasteiger partial charge in [-0.15, -0.1) is 0 Å². The van der Waals surface area contributed by atoms with E-state index in [1.165, 1.54) is 18.4 Å². The molecule has 0 saturated carbocycles. The van der Waals surface area contributed by atoms with Crippen molar-refractivity contribution < 1.29 is 23.2 Å². The maximum absolute atomic E-state index is 14.1. The first-order chi connectivity index (χ1) is 11.1. The van der Waals surface area contributed by atoms with Crippen molar-refractivity contribution in [1.82, 2.24) is 9.55 Å². The fourth-order valence-corrected chi connectivity index (χ4v) is 3.34. The molecule has 8 heteroatoms. The van der Waals surface area contributed by atoms with Crippen LogP contribution in [0.4, 0.5) is 4.39 Å². The Morgan fingerprint density at radius 1 is 1.29 bits per heavy atom. The van der Waals surface area contributed by atoms with Gasteiger partial charge in [-0.25, -0.2) is 9.37 Å². The average Bonchev–Trinajstić information content (AvgIpc) is 3.02. The smallest absolute Gasteiger partial charge is 0.391 e. The number of imidazole rings is 1. The second-order valence-electron chi connectivity index (χ2n) is 6.87. The summed E-state index contributed by atoms with van der Waals surface area (Å²) in [6.07, 6.45) is 1.20. The van der Waals surface area contributed by atoms with Crippen LogP contribution in [0.2, 0.25) is 0 Å². The number of benzene rings is 1. The van der Waals surface area contributed by atoms with Crippen molar-refractivity contribution in [3.63, 3.8) is 0 Å². The van der Waals surface area contributed by atoms with Crippen LogP contribution in [0.25, 0.3) is 22.4 Å². The summed E-state index contributed by atoms with van der Waals surface area (Å²) in [7, 11) is -4.61. The van der Waals surface area contributed by atoms with Gasteiger partial charge in [0.2, 0.25) is 5.50 Å². The highest BCUT2D eigenvalue weighted by atomic mass is 31.2. The van der Waals surface area contributed by atoms with Gasteiger partial charge in [-0.3, -0.25) is 4.57 Å². The first-order valence-corrected chi connectivity index (χ1v) is 8.98. The molecule has 0 bridgehead atoms. The lowest BCUT2D eigenvalue weighted by Crippen LogP contribution is -2.17. The van der Waals surface area contributed by atoms with Gasteiger partial charge in [0.05, 0.1) is 17.3 Å². The van der Waals surface area contributed by atoms with Crippen molar-refractivity contribution in [2.45, 2.75) is 27.3 Å². The maximum Gasteiger partial charge on any atom is 0.391 e. The molecule has 0 saturated heterocycles. The Hall–Kier alpha value is -1.95. The Balaban J connectivity index is 2.32. The van der Waals surface area contributed by atoms with E-state index >= 15 is 0 Å². The molecule has 3 rings (SSSR count). The molecular formula is C16H18FN2O4P. The van der Waals surface area contributed by atoms with Gasteiger partial charge >= 0.3 is 7.60 Å². The molecule has 0 spiro atoms. The molecule has 6 nitrogen and oxygen atoms in total. The lowest BCUT2D eigenvalue weighted by Gasteiger charge is -2.21. The number of hydrogen-bond donors (Lipinski definition) is 2. The van der Waals surface area contributed by atoms with Gasteiger partial charge in [0, 0.05) is 6.54 Å². The van der Waals surface area contributed by atoms with Crippen molar-refractivity contribution in [1.29, 1.82) is 0 Å². The van der Waals surface area contributed by atoms with Gasteiger partial charge in [0.15, 0.2) is 5.82 Å². The van der Waals surface area contributed by atoms with Crippen molar-refractivity contribution >= 4 is 24.1 Å². The number of fused-ring (bicyclic) bond motifs is 1. The minimum absolute atomic E-state index is 0.152. The Kier molecular flexibility index (Phi) is 3.91. The molecule has 2 heterocycles. The zero-order valence-corrected chi connectivity index (χ0v) is 14.4. The molecule has 0 amide bonds. The molecule has 1 aromatic carbocycles. The molecule has 0 aliphatic heterocycles. The summed E-state index contributed by atoms with van der Waals surface area (Å²) in [5, 5.41) is 0. The molecule has 128 valence electrons. The van der Waals surface area contributed by atoms with Crippen LogP contribution in [-0.2, 0) is 11.1 Å². The zero-order valence-electron chi connectivity index (χ0n) is 13.5. The number of para-hydroxylation sites is 1. The second-order valence-corrected chi connectivity index (χ2v) is 8.37. The van der Waals surface area contributed by atoms with Crippen molar-refractivity contribution in [2.24, 2.45) is 5.41 Å². The quantitative estimate of drug-likeness (QED) is 0.706. The van der Waals surface area contributed by atoms with Crippen LogP contribution in [0.15, 0.2) is 34.9 Å². The number of halogens is 1. The average molecular weight is 352 g/mol. The third-order valence-electron chi connectivity index (χ3n) is 3.51. The lowest BCUT2D eigenvalue weighted by atomic mass is 9.96. The van der Waals surface area contributed by atoms with E-state index in [-0.39, 0.29) is 22.3 Å². The summed E-state index contributed by atoms with van der Waals surface area (Å²) in [5.74, 6) is -0.209. The number of aromatic nitrogens is 2. The molecule has 0 aliphatic rings. The lowest BCUT2D eigenvalue weighted by molar-refractivity contribution is 0.350. The van der Waals surface area contributed by atoms with Crippen molar-refractivity contribution in [3.8, 4) is 11.4 Å². The standard InChI is InChI=1S/C16H18FN2O4P/c1-16(2,3)9-19-12-6-4-5-11(17)13(12)18-14(19)10-7-8-23-15(10)24(20,21)22/h4-8H,9H2,1-3H3,(H2,20,21,22). The number of furan rings is 1. The molecule has 0 fully saturated rings. The fraction of sp³-hybridized carbons (Fsp3) is 0.312. The fourth-order valence-electron chi connectivity index (χ4n) is 2.65. The Labute approximate surface area is 138 Å². The monoisotopic (exact) mass is 352 g/mol. The highest BCUT2D eigenvalue weighted by molar-refractivity contribution is 7.60. The van der Waals surface area contributed by atoms with Crippen LogP contribution < -0.4 is 5.50 Å². The number of rotatable bonds is 3. The summed E-state index contributed by atoms with van der Waals surface area (Å²) >= 11 is 0. The van der Waals surface area contributed by atoms with Gasteiger partial charge in [-0.1, -0.05) is 26.8 Å². The minimum Gasteiger partial charge on any atom is -0.456 e. The number of hydrogen-bond acceptors (Lipinski definition) is 3. The SMILES string of the molecule is CC(C)(C)Cn1c(-c2ccoc2P(=O)(O)O)nc2c(F)cccc21. The van der Waals surface area contributed by atoms with Gasteiger partial charge in [0.25, 0.3) is 0 Å². The van der Waals surface area contributed by atoms with Crippen molar-refractivity contribution in [2.75, 3.05) is 0 Å². The van der Waals surface area contributed by atoms with E-state index in [0.717, 1.165) is 0 Å². The molecule has 24 heavy (non-hydrogen) atoms. The van der Waals surface area contributed by atoms with E-state index in [9.17, 15) is 18.7 Å². The third kappa shape index (κ3) is 3.02. The van der Waals surface area contributed by atoms with Crippen molar-refractivity contribution in [3.05, 3.63) is 36.3 Å². The molecule has 3 aromatic rings. The van der Waals surface area contributed by atoms with Crippen LogP contribution in [0, 0.1) is 11.2 Å². The predicted molar refractivity (Wildman–Crippen MR) is 88.5 cm³/mol. The van der Waals surface area contributed by atoms with E-state index in [0.29, 0.717) is 12.1 Å². The first-order valence-electron chi connectivity index (χ1n) is 7.37. The van der Waals surface area contributed by atoms with Gasteiger partial charge in [0.1, 0.15) is 11.3 Å². The van der Waals surface area contributed by atoms with E-state index in [1.807, 2.05) is 20.8 Å².